The van der Waals surface area contributed by atoms with Crippen LogP contribution in [0.3, 0.4) is 0 Å². The number of hydrogen-bond acceptors (Lipinski definition) is 4. The van der Waals surface area contributed by atoms with E-state index in [0.717, 1.165) is 41.0 Å². The Morgan fingerprint density at radius 1 is 1.40 bits per heavy atom. The molecule has 0 radical (unpaired) electrons. The van der Waals surface area contributed by atoms with Crippen LogP contribution in [0.2, 0.25) is 0 Å². The van der Waals surface area contributed by atoms with E-state index in [1.165, 1.54) is 0 Å². The van der Waals surface area contributed by atoms with Gasteiger partial charge in [-0.3, -0.25) is 0 Å². The highest BCUT2D eigenvalue weighted by Crippen LogP contribution is 2.34. The third-order valence-corrected chi connectivity index (χ3v) is 3.81. The van der Waals surface area contributed by atoms with Gasteiger partial charge in [-0.2, -0.15) is 0 Å². The first kappa shape index (κ1) is 14.9. The van der Waals surface area contributed by atoms with Crippen molar-refractivity contribution < 1.29 is 9.47 Å². The van der Waals surface area contributed by atoms with Crippen LogP contribution in [0.25, 0.3) is 16.3 Å². The first-order chi connectivity index (χ1) is 9.63. The first-order valence-electron chi connectivity index (χ1n) is 7.00. The number of aromatic nitrogens is 1. The highest BCUT2D eigenvalue weighted by atomic mass is 32.1. The van der Waals surface area contributed by atoms with Crippen molar-refractivity contribution in [2.24, 2.45) is 0 Å². The minimum atomic E-state index is 0.128. The molecule has 0 spiro atoms. The molecule has 0 bridgehead atoms. The van der Waals surface area contributed by atoms with Gasteiger partial charge in [0.1, 0.15) is 5.75 Å². The lowest BCUT2D eigenvalue weighted by Gasteiger charge is -2.06. The molecule has 20 heavy (non-hydrogen) atoms. The second-order valence-electron chi connectivity index (χ2n) is 4.91. The van der Waals surface area contributed by atoms with Crippen LogP contribution in [0.1, 0.15) is 39.2 Å². The molecule has 1 aromatic carbocycles. The Balaban J connectivity index is 2.31. The number of fused-ring (bicyclic) bond motifs is 1. The summed E-state index contributed by atoms with van der Waals surface area (Å²) in [6, 6.07) is 3.99. The van der Waals surface area contributed by atoms with Crippen LogP contribution in [-0.4, -0.2) is 17.7 Å². The molecule has 0 aliphatic carbocycles. The Bertz CT molecular complexity index is 589. The molecule has 2 rings (SSSR count). The number of unbranched alkanes of at least 4 members (excludes halogenated alkanes) is 1. The van der Waals surface area contributed by atoms with E-state index in [4.69, 9.17) is 9.47 Å². The standard InChI is InChI=1S/C16H21NO2S/c1-5-7-8-18-13-9-12(6-2)15-14(10-13)17-16(20-15)19-11(3)4/h6,9-11H,2,5,7-8H2,1,3-4H3. The van der Waals surface area contributed by atoms with E-state index < -0.39 is 0 Å². The third kappa shape index (κ3) is 3.51. The van der Waals surface area contributed by atoms with Gasteiger partial charge in [0.2, 0.25) is 0 Å². The number of benzene rings is 1. The van der Waals surface area contributed by atoms with Gasteiger partial charge >= 0.3 is 0 Å². The van der Waals surface area contributed by atoms with Crippen molar-refractivity contribution >= 4 is 27.6 Å². The lowest BCUT2D eigenvalue weighted by Crippen LogP contribution is -2.04. The summed E-state index contributed by atoms with van der Waals surface area (Å²) < 4.78 is 12.5. The molecular weight excluding hydrogens is 270 g/mol. The molecule has 0 unspecified atom stereocenters. The van der Waals surface area contributed by atoms with Gasteiger partial charge in [0.15, 0.2) is 0 Å². The summed E-state index contributed by atoms with van der Waals surface area (Å²) in [6.45, 7) is 10.8. The van der Waals surface area contributed by atoms with Crippen molar-refractivity contribution in [1.29, 1.82) is 0 Å². The minimum Gasteiger partial charge on any atom is -0.493 e. The topological polar surface area (TPSA) is 31.4 Å². The maximum absolute atomic E-state index is 5.76. The van der Waals surface area contributed by atoms with Crippen LogP contribution in [0.4, 0.5) is 0 Å². The number of hydrogen-bond donors (Lipinski definition) is 0. The van der Waals surface area contributed by atoms with Crippen molar-refractivity contribution in [1.82, 2.24) is 4.98 Å². The second kappa shape index (κ2) is 6.75. The normalized spacial score (nSPS) is 11.0. The molecule has 3 nitrogen and oxygen atoms in total. The van der Waals surface area contributed by atoms with Crippen molar-refractivity contribution in [3.63, 3.8) is 0 Å². The summed E-state index contributed by atoms with van der Waals surface area (Å²) in [7, 11) is 0. The van der Waals surface area contributed by atoms with Gasteiger partial charge < -0.3 is 9.47 Å². The van der Waals surface area contributed by atoms with Gasteiger partial charge in [0.25, 0.3) is 5.19 Å². The van der Waals surface area contributed by atoms with E-state index in [0.29, 0.717) is 5.19 Å². The molecule has 1 aromatic heterocycles. The lowest BCUT2D eigenvalue weighted by atomic mass is 10.2. The molecule has 0 aliphatic heterocycles. The number of rotatable bonds is 7. The van der Waals surface area contributed by atoms with Crippen LogP contribution in [0, 0.1) is 0 Å². The van der Waals surface area contributed by atoms with Crippen molar-refractivity contribution in [2.75, 3.05) is 6.61 Å². The smallest absolute Gasteiger partial charge is 0.274 e. The molecule has 0 saturated carbocycles. The monoisotopic (exact) mass is 291 g/mol. The Morgan fingerprint density at radius 2 is 2.20 bits per heavy atom. The van der Waals surface area contributed by atoms with Crippen LogP contribution < -0.4 is 9.47 Å². The number of nitrogens with zero attached hydrogens (tertiary/aromatic N) is 1. The van der Waals surface area contributed by atoms with E-state index in [1.54, 1.807) is 11.3 Å². The Hall–Kier alpha value is -1.55. The van der Waals surface area contributed by atoms with Crippen LogP contribution >= 0.6 is 11.3 Å². The lowest BCUT2D eigenvalue weighted by molar-refractivity contribution is 0.242. The van der Waals surface area contributed by atoms with Crippen molar-refractivity contribution in [3.05, 3.63) is 24.3 Å². The predicted molar refractivity (Wildman–Crippen MR) is 85.9 cm³/mol. The molecule has 0 amide bonds. The fourth-order valence-electron chi connectivity index (χ4n) is 1.83. The van der Waals surface area contributed by atoms with Crippen molar-refractivity contribution in [3.8, 4) is 10.9 Å². The quantitative estimate of drug-likeness (QED) is 0.679. The average Bonchev–Trinajstić information content (AvgIpc) is 2.79. The number of ether oxygens (including phenoxy) is 2. The van der Waals surface area contributed by atoms with E-state index in [-0.39, 0.29) is 6.10 Å². The minimum absolute atomic E-state index is 0.128. The first-order valence-corrected chi connectivity index (χ1v) is 7.82. The van der Waals surface area contributed by atoms with Gasteiger partial charge in [0, 0.05) is 6.07 Å². The molecule has 0 N–H and O–H groups in total. The van der Waals surface area contributed by atoms with Gasteiger partial charge in [-0.1, -0.05) is 37.3 Å². The summed E-state index contributed by atoms with van der Waals surface area (Å²) in [4.78, 5) is 4.52. The second-order valence-corrected chi connectivity index (χ2v) is 5.87. The molecule has 1 heterocycles. The van der Waals surface area contributed by atoms with Crippen LogP contribution in [-0.2, 0) is 0 Å². The summed E-state index contributed by atoms with van der Waals surface area (Å²) >= 11 is 1.55. The summed E-state index contributed by atoms with van der Waals surface area (Å²) in [5.74, 6) is 0.849. The van der Waals surface area contributed by atoms with E-state index in [9.17, 15) is 0 Å². The summed E-state index contributed by atoms with van der Waals surface area (Å²) in [6.07, 6.45) is 4.15. The van der Waals surface area contributed by atoms with Crippen LogP contribution in [0.5, 0.6) is 10.9 Å². The van der Waals surface area contributed by atoms with E-state index >= 15 is 0 Å². The molecule has 0 fully saturated rings. The van der Waals surface area contributed by atoms with Crippen molar-refractivity contribution in [2.45, 2.75) is 39.7 Å². The van der Waals surface area contributed by atoms with Crippen LogP contribution in [0.15, 0.2) is 18.7 Å². The Kier molecular flexibility index (Phi) is 5.01. The highest BCUT2D eigenvalue weighted by molar-refractivity contribution is 7.20. The summed E-state index contributed by atoms with van der Waals surface area (Å²) in [5.41, 5.74) is 1.96. The van der Waals surface area contributed by atoms with E-state index in [2.05, 4.69) is 18.5 Å². The zero-order valence-electron chi connectivity index (χ0n) is 12.3. The largest absolute Gasteiger partial charge is 0.493 e. The van der Waals surface area contributed by atoms with Gasteiger partial charge in [-0.25, -0.2) is 4.98 Å². The predicted octanol–water partition coefficient (Wildman–Crippen LogP) is 4.91. The Morgan fingerprint density at radius 3 is 2.85 bits per heavy atom. The van der Waals surface area contributed by atoms with E-state index in [1.807, 2.05) is 32.1 Å². The highest BCUT2D eigenvalue weighted by Gasteiger charge is 2.11. The zero-order valence-corrected chi connectivity index (χ0v) is 13.1. The van der Waals surface area contributed by atoms with Gasteiger partial charge in [0.05, 0.1) is 22.9 Å². The fraction of sp³-hybridized carbons (Fsp3) is 0.438. The zero-order chi connectivity index (χ0) is 14.5. The third-order valence-electron chi connectivity index (χ3n) is 2.80. The average molecular weight is 291 g/mol. The van der Waals surface area contributed by atoms with Gasteiger partial charge in [-0.05, 0) is 31.9 Å². The molecule has 4 heteroatoms. The van der Waals surface area contributed by atoms with Gasteiger partial charge in [-0.15, -0.1) is 0 Å². The molecule has 0 saturated heterocycles. The summed E-state index contributed by atoms with van der Waals surface area (Å²) in [5, 5.41) is 0.698. The maximum atomic E-state index is 5.76. The maximum Gasteiger partial charge on any atom is 0.274 e. The SMILES string of the molecule is C=Cc1cc(OCCCC)cc2nc(OC(C)C)sc12. The fourth-order valence-corrected chi connectivity index (χ4v) is 2.86. The molecular formula is C16H21NO2S. The molecule has 0 atom stereocenters. The Labute approximate surface area is 124 Å². The molecule has 0 aliphatic rings. The molecule has 2 aromatic rings. The number of thiazole rings is 1. The molecule has 108 valence electrons.